The first-order valence-electron chi connectivity index (χ1n) is 9.36. The topological polar surface area (TPSA) is 59.3 Å². The molecule has 0 radical (unpaired) electrons. The number of alkyl halides is 3. The SMILES string of the molecule is O=C(NCCc1ccc(Cl)cc1)c1ccc2nnc(-c3cccc(C(F)(F)F)c3)n2c1. The highest BCUT2D eigenvalue weighted by molar-refractivity contribution is 6.30. The lowest BCUT2D eigenvalue weighted by Crippen LogP contribution is -2.25. The Balaban J connectivity index is 1.54. The summed E-state index contributed by atoms with van der Waals surface area (Å²) in [5.74, 6) is -0.0866. The number of fused-ring (bicyclic) bond motifs is 1. The van der Waals surface area contributed by atoms with E-state index in [1.54, 1.807) is 24.3 Å². The molecule has 0 unspecified atom stereocenters. The molecule has 0 spiro atoms. The van der Waals surface area contributed by atoms with Crippen molar-refractivity contribution in [2.45, 2.75) is 12.6 Å². The number of hydrogen-bond acceptors (Lipinski definition) is 3. The average Bonchev–Trinajstić information content (AvgIpc) is 3.18. The highest BCUT2D eigenvalue weighted by atomic mass is 35.5. The molecule has 0 aliphatic rings. The van der Waals surface area contributed by atoms with E-state index < -0.39 is 11.7 Å². The molecule has 0 aliphatic carbocycles. The zero-order valence-corrected chi connectivity index (χ0v) is 16.8. The predicted molar refractivity (Wildman–Crippen MR) is 111 cm³/mol. The highest BCUT2D eigenvalue weighted by Gasteiger charge is 2.30. The van der Waals surface area contributed by atoms with E-state index in [0.29, 0.717) is 29.2 Å². The second kappa shape index (κ2) is 8.39. The minimum atomic E-state index is -4.47. The lowest BCUT2D eigenvalue weighted by molar-refractivity contribution is -0.137. The Morgan fingerprint density at radius 1 is 1.03 bits per heavy atom. The maximum absolute atomic E-state index is 13.1. The summed E-state index contributed by atoms with van der Waals surface area (Å²) in [5, 5.41) is 11.5. The monoisotopic (exact) mass is 444 g/mol. The number of rotatable bonds is 5. The van der Waals surface area contributed by atoms with Gasteiger partial charge in [0.25, 0.3) is 5.91 Å². The maximum atomic E-state index is 13.1. The molecule has 1 N–H and O–H groups in total. The van der Waals surface area contributed by atoms with Crippen LogP contribution in [0.2, 0.25) is 5.02 Å². The second-order valence-corrected chi connectivity index (χ2v) is 7.32. The van der Waals surface area contributed by atoms with Crippen molar-refractivity contribution in [1.29, 1.82) is 0 Å². The number of carbonyl (C=O) groups is 1. The summed E-state index contributed by atoms with van der Waals surface area (Å²) < 4.78 is 40.7. The molecule has 4 aromatic rings. The van der Waals surface area contributed by atoms with Gasteiger partial charge in [-0.15, -0.1) is 10.2 Å². The molecule has 9 heteroatoms. The van der Waals surface area contributed by atoms with E-state index in [1.807, 2.05) is 12.1 Å². The largest absolute Gasteiger partial charge is 0.416 e. The van der Waals surface area contributed by atoms with Gasteiger partial charge in [-0.3, -0.25) is 9.20 Å². The molecule has 0 saturated heterocycles. The van der Waals surface area contributed by atoms with Crippen LogP contribution in [0.4, 0.5) is 13.2 Å². The molecule has 158 valence electrons. The summed E-state index contributed by atoms with van der Waals surface area (Å²) in [6.45, 7) is 0.418. The molecule has 5 nitrogen and oxygen atoms in total. The fourth-order valence-electron chi connectivity index (χ4n) is 3.13. The molecule has 2 aromatic heterocycles. The smallest absolute Gasteiger partial charge is 0.352 e. The Kier molecular flexibility index (Phi) is 5.65. The third kappa shape index (κ3) is 4.69. The highest BCUT2D eigenvalue weighted by Crippen LogP contribution is 2.31. The lowest BCUT2D eigenvalue weighted by Gasteiger charge is -2.09. The van der Waals surface area contributed by atoms with Crippen LogP contribution in [0.3, 0.4) is 0 Å². The minimum absolute atomic E-state index is 0.219. The van der Waals surface area contributed by atoms with E-state index in [1.165, 1.54) is 22.7 Å². The van der Waals surface area contributed by atoms with E-state index in [0.717, 1.165) is 17.7 Å². The number of hydrogen-bond donors (Lipinski definition) is 1. The second-order valence-electron chi connectivity index (χ2n) is 6.88. The first kappa shape index (κ1) is 20.9. The van der Waals surface area contributed by atoms with Crippen molar-refractivity contribution < 1.29 is 18.0 Å². The van der Waals surface area contributed by atoms with Crippen LogP contribution < -0.4 is 5.32 Å². The van der Waals surface area contributed by atoms with Gasteiger partial charge in [0.05, 0.1) is 11.1 Å². The standard InChI is InChI=1S/C22H16ClF3N4O/c23-18-7-4-14(5-8-18)10-11-27-21(31)16-6-9-19-28-29-20(30(19)13-16)15-2-1-3-17(12-15)22(24,25)26/h1-9,12-13H,10-11H2,(H,27,31). The Bertz CT molecular complexity index is 1240. The van der Waals surface area contributed by atoms with E-state index in [4.69, 9.17) is 11.6 Å². The first-order valence-corrected chi connectivity index (χ1v) is 9.74. The van der Waals surface area contributed by atoms with Crippen molar-refractivity contribution in [2.75, 3.05) is 6.54 Å². The van der Waals surface area contributed by atoms with Crippen molar-refractivity contribution in [1.82, 2.24) is 19.9 Å². The van der Waals surface area contributed by atoms with E-state index in [-0.39, 0.29) is 17.3 Å². The summed E-state index contributed by atoms with van der Waals surface area (Å²) in [7, 11) is 0. The maximum Gasteiger partial charge on any atom is 0.416 e. The van der Waals surface area contributed by atoms with Gasteiger partial charge in [-0.2, -0.15) is 13.2 Å². The quantitative estimate of drug-likeness (QED) is 0.469. The molecular formula is C22H16ClF3N4O. The average molecular weight is 445 g/mol. The molecule has 31 heavy (non-hydrogen) atoms. The van der Waals surface area contributed by atoms with E-state index >= 15 is 0 Å². The molecule has 0 atom stereocenters. The van der Waals surface area contributed by atoms with Gasteiger partial charge < -0.3 is 5.32 Å². The van der Waals surface area contributed by atoms with Crippen LogP contribution >= 0.6 is 11.6 Å². The molecule has 0 bridgehead atoms. The molecular weight excluding hydrogens is 429 g/mol. The number of pyridine rings is 1. The van der Waals surface area contributed by atoms with Crippen LogP contribution in [0.15, 0.2) is 66.9 Å². The summed E-state index contributed by atoms with van der Waals surface area (Å²) >= 11 is 5.86. The molecule has 2 heterocycles. The van der Waals surface area contributed by atoms with Crippen LogP contribution in [0, 0.1) is 0 Å². The molecule has 1 amide bonds. The number of nitrogens with zero attached hydrogens (tertiary/aromatic N) is 3. The summed E-state index contributed by atoms with van der Waals surface area (Å²) in [4.78, 5) is 12.6. The van der Waals surface area contributed by atoms with Crippen molar-refractivity contribution in [2.24, 2.45) is 0 Å². The van der Waals surface area contributed by atoms with Gasteiger partial charge >= 0.3 is 6.18 Å². The summed E-state index contributed by atoms with van der Waals surface area (Å²) in [6, 6.07) is 15.4. The van der Waals surface area contributed by atoms with Crippen LogP contribution in [0.1, 0.15) is 21.5 Å². The molecule has 4 rings (SSSR count). The Hall–Kier alpha value is -3.39. The van der Waals surface area contributed by atoms with Gasteiger partial charge in [-0.05, 0) is 48.4 Å². The number of amides is 1. The third-order valence-corrected chi connectivity index (χ3v) is 4.98. The number of benzene rings is 2. The minimum Gasteiger partial charge on any atom is -0.352 e. The first-order chi connectivity index (χ1) is 14.8. The molecule has 0 saturated carbocycles. The number of carbonyl (C=O) groups excluding carboxylic acids is 1. The number of halogens is 4. The van der Waals surface area contributed by atoms with Crippen molar-refractivity contribution in [3.63, 3.8) is 0 Å². The van der Waals surface area contributed by atoms with Crippen LogP contribution in [-0.4, -0.2) is 27.0 Å². The summed E-state index contributed by atoms with van der Waals surface area (Å²) in [5.41, 5.74) is 1.27. The van der Waals surface area contributed by atoms with Gasteiger partial charge in [0.2, 0.25) is 0 Å². The molecule has 2 aromatic carbocycles. The molecule has 0 aliphatic heterocycles. The van der Waals surface area contributed by atoms with Crippen molar-refractivity contribution in [3.05, 3.63) is 88.6 Å². The Morgan fingerprint density at radius 3 is 2.55 bits per heavy atom. The molecule has 0 fully saturated rings. The Labute approximate surface area is 180 Å². The van der Waals surface area contributed by atoms with Crippen LogP contribution in [0.5, 0.6) is 0 Å². The van der Waals surface area contributed by atoms with Gasteiger partial charge in [0.15, 0.2) is 11.5 Å². The number of aromatic nitrogens is 3. The fourth-order valence-corrected chi connectivity index (χ4v) is 3.26. The van der Waals surface area contributed by atoms with E-state index in [9.17, 15) is 18.0 Å². The third-order valence-electron chi connectivity index (χ3n) is 4.73. The normalized spacial score (nSPS) is 11.6. The zero-order valence-electron chi connectivity index (χ0n) is 16.0. The number of nitrogens with one attached hydrogen (secondary N) is 1. The van der Waals surface area contributed by atoms with Gasteiger partial charge in [-0.25, -0.2) is 0 Å². The van der Waals surface area contributed by atoms with Gasteiger partial charge in [0.1, 0.15) is 0 Å². The van der Waals surface area contributed by atoms with Gasteiger partial charge in [-0.1, -0.05) is 35.9 Å². The fraction of sp³-hybridized carbons (Fsp3) is 0.136. The lowest BCUT2D eigenvalue weighted by atomic mass is 10.1. The van der Waals surface area contributed by atoms with Crippen LogP contribution in [0.25, 0.3) is 17.0 Å². The summed E-state index contributed by atoms with van der Waals surface area (Å²) in [6.07, 6.45) is -2.32. The predicted octanol–water partition coefficient (Wildman–Crippen LogP) is 5.04. The van der Waals surface area contributed by atoms with Gasteiger partial charge in [0, 0.05) is 23.3 Å². The zero-order chi connectivity index (χ0) is 22.0. The van der Waals surface area contributed by atoms with Crippen molar-refractivity contribution in [3.8, 4) is 11.4 Å². The Morgan fingerprint density at radius 2 is 1.81 bits per heavy atom. The van der Waals surface area contributed by atoms with Crippen molar-refractivity contribution >= 4 is 23.2 Å². The van der Waals surface area contributed by atoms with Crippen LogP contribution in [-0.2, 0) is 12.6 Å². The van der Waals surface area contributed by atoms with E-state index in [2.05, 4.69) is 15.5 Å².